The highest BCUT2D eigenvalue weighted by Gasteiger charge is 2.42. The highest BCUT2D eigenvalue weighted by atomic mass is 19.4. The Morgan fingerprint density at radius 2 is 1.75 bits per heavy atom. The molecule has 0 spiro atoms. The number of alkyl halides is 6. The van der Waals surface area contributed by atoms with Gasteiger partial charge in [0, 0.05) is 29.6 Å². The predicted octanol–water partition coefficient (Wildman–Crippen LogP) is 5.55. The predicted molar refractivity (Wildman–Crippen MR) is 137 cm³/mol. The van der Waals surface area contributed by atoms with Crippen LogP contribution in [0.15, 0.2) is 65.7 Å². The molecule has 1 amide bonds. The fourth-order valence-corrected chi connectivity index (χ4v) is 4.87. The number of carboxylic acid groups (broad SMARTS) is 1. The molecular weight excluding hydrogens is 605 g/mol. The van der Waals surface area contributed by atoms with Gasteiger partial charge in [0.15, 0.2) is 11.4 Å². The molecule has 2 N–H and O–H groups in total. The third-order valence-electron chi connectivity index (χ3n) is 6.80. The van der Waals surface area contributed by atoms with Crippen LogP contribution in [-0.2, 0) is 21.9 Å². The maximum absolute atomic E-state index is 15.3. The summed E-state index contributed by atoms with van der Waals surface area (Å²) in [4.78, 5) is 38.4. The number of aromatic nitrogens is 3. The molecule has 1 aliphatic rings. The molecule has 16 heteroatoms. The highest BCUT2D eigenvalue weighted by molar-refractivity contribution is 5.85. The average molecular weight is 624 g/mol. The Kier molecular flexibility index (Phi) is 7.47. The molecule has 0 saturated carbocycles. The van der Waals surface area contributed by atoms with Crippen molar-refractivity contribution in [1.29, 1.82) is 0 Å². The van der Waals surface area contributed by atoms with E-state index >= 15 is 4.39 Å². The Bertz CT molecular complexity index is 1850. The Morgan fingerprint density at radius 1 is 1.02 bits per heavy atom. The Balaban J connectivity index is 1.81. The van der Waals surface area contributed by atoms with Crippen LogP contribution in [0.4, 0.5) is 30.7 Å². The first-order valence-corrected chi connectivity index (χ1v) is 12.6. The van der Waals surface area contributed by atoms with E-state index in [1.807, 2.05) is 0 Å². The molecule has 4 bridgehead atoms. The number of nitrogens with one attached hydrogen (secondary N) is 1. The molecular formula is C28H19F7N4O5. The van der Waals surface area contributed by atoms with Crippen molar-refractivity contribution in [3.63, 3.8) is 0 Å². The zero-order valence-corrected chi connectivity index (χ0v) is 22.2. The van der Waals surface area contributed by atoms with E-state index in [-0.39, 0.29) is 23.3 Å². The maximum Gasteiger partial charge on any atom is 0.435 e. The normalized spacial score (nSPS) is 17.0. The summed E-state index contributed by atoms with van der Waals surface area (Å²) in [5, 5.41) is 15.3. The minimum absolute atomic E-state index is 0.00489. The number of carbonyl (C=O) groups excluding carboxylic acids is 1. The van der Waals surface area contributed by atoms with E-state index in [1.165, 1.54) is 25.1 Å². The number of pyridine rings is 1. The van der Waals surface area contributed by atoms with E-state index in [0.717, 1.165) is 29.1 Å². The second kappa shape index (κ2) is 10.8. The van der Waals surface area contributed by atoms with Gasteiger partial charge in [-0.15, -0.1) is 0 Å². The molecule has 44 heavy (non-hydrogen) atoms. The van der Waals surface area contributed by atoms with Gasteiger partial charge in [0.05, 0.1) is 18.0 Å². The number of carbonyl (C=O) groups is 2. The van der Waals surface area contributed by atoms with Gasteiger partial charge in [0.1, 0.15) is 23.3 Å². The first-order valence-electron chi connectivity index (χ1n) is 12.6. The zero-order chi connectivity index (χ0) is 32.1. The topological polar surface area (TPSA) is 115 Å². The van der Waals surface area contributed by atoms with Crippen LogP contribution >= 0.6 is 0 Å². The number of aliphatic carboxylic acids is 1. The molecule has 2 atom stereocenters. The SMILES string of the molecule is Cc1cccc2c1-n1cc(c(C(F)(F)F)n1)[C@@H](CC(=O)O)NC(=O)[C@@H](n1ccc(C(F)(F)F)cc1=O)c1cc(ccc1F)O2. The number of aryl methyl sites for hydroxylation is 1. The molecule has 2 aromatic carbocycles. The van der Waals surface area contributed by atoms with Gasteiger partial charge < -0.3 is 15.2 Å². The van der Waals surface area contributed by atoms with Crippen LogP contribution in [-0.4, -0.2) is 31.3 Å². The Hall–Kier alpha value is -5.15. The van der Waals surface area contributed by atoms with Crippen LogP contribution in [0.5, 0.6) is 11.5 Å². The van der Waals surface area contributed by atoms with Gasteiger partial charge in [0.2, 0.25) is 5.91 Å². The lowest BCUT2D eigenvalue weighted by Crippen LogP contribution is -2.40. The summed E-state index contributed by atoms with van der Waals surface area (Å²) in [5.74, 6) is -4.39. The lowest BCUT2D eigenvalue weighted by molar-refractivity contribution is -0.144. The summed E-state index contributed by atoms with van der Waals surface area (Å²) in [6, 6.07) is 3.94. The highest BCUT2D eigenvalue weighted by Crippen LogP contribution is 2.39. The number of hydrogen-bond donors (Lipinski definition) is 2. The lowest BCUT2D eigenvalue weighted by Gasteiger charge is -2.25. The summed E-state index contributed by atoms with van der Waals surface area (Å²) >= 11 is 0. The number of benzene rings is 2. The van der Waals surface area contributed by atoms with Crippen molar-refractivity contribution < 1.29 is 50.2 Å². The molecule has 0 fully saturated rings. The van der Waals surface area contributed by atoms with E-state index in [4.69, 9.17) is 4.74 Å². The number of fused-ring (bicyclic) bond motifs is 6. The molecule has 0 aliphatic carbocycles. The van der Waals surface area contributed by atoms with Gasteiger partial charge in [-0.25, -0.2) is 9.07 Å². The van der Waals surface area contributed by atoms with Gasteiger partial charge in [0.25, 0.3) is 5.56 Å². The van der Waals surface area contributed by atoms with Crippen LogP contribution in [0, 0.1) is 12.7 Å². The minimum Gasteiger partial charge on any atom is -0.481 e. The Morgan fingerprint density at radius 3 is 2.39 bits per heavy atom. The molecule has 230 valence electrons. The van der Waals surface area contributed by atoms with Gasteiger partial charge in [-0.2, -0.15) is 31.4 Å². The number of nitrogens with zero attached hydrogens (tertiary/aromatic N) is 3. The van der Waals surface area contributed by atoms with Crippen molar-refractivity contribution in [2.24, 2.45) is 0 Å². The van der Waals surface area contributed by atoms with E-state index in [9.17, 15) is 45.8 Å². The van der Waals surface area contributed by atoms with Crippen molar-refractivity contribution in [2.45, 2.75) is 37.8 Å². The van der Waals surface area contributed by atoms with Crippen LogP contribution in [0.1, 0.15) is 46.5 Å². The van der Waals surface area contributed by atoms with E-state index in [2.05, 4.69) is 10.4 Å². The van der Waals surface area contributed by atoms with E-state index in [0.29, 0.717) is 22.4 Å². The Labute approximate surface area is 242 Å². The average Bonchev–Trinajstić information content (AvgIpc) is 3.36. The van der Waals surface area contributed by atoms with Gasteiger partial charge in [-0.3, -0.25) is 19.0 Å². The van der Waals surface area contributed by atoms with Crippen LogP contribution in [0.3, 0.4) is 0 Å². The molecule has 1 aliphatic heterocycles. The molecule has 4 aromatic rings. The fourth-order valence-electron chi connectivity index (χ4n) is 4.87. The standard InChI is InChI=1S/C28H19F7N4O5/c1-13-3-2-4-20-23(13)39-12-17(25(37-39)28(33,34)35)19(11-22(41)42)36-26(43)24(16-10-15(44-20)5-6-18(16)29)38-8-7-14(9-21(38)40)27(30,31)32/h2-10,12,19,24H,11H2,1H3,(H,36,43)(H,41,42)/t19-,24+/m1/s1. The molecule has 5 rings (SSSR count). The van der Waals surface area contributed by atoms with Crippen LogP contribution in [0.25, 0.3) is 5.69 Å². The first-order chi connectivity index (χ1) is 20.5. The zero-order valence-electron chi connectivity index (χ0n) is 22.2. The van der Waals surface area contributed by atoms with Crippen molar-refractivity contribution in [1.82, 2.24) is 19.7 Å². The smallest absolute Gasteiger partial charge is 0.435 e. The van der Waals surface area contributed by atoms with Gasteiger partial charge in [-0.1, -0.05) is 12.1 Å². The number of hydrogen-bond acceptors (Lipinski definition) is 5. The first kappa shape index (κ1) is 30.3. The summed E-state index contributed by atoms with van der Waals surface area (Å²) in [6.07, 6.45) is -9.78. The summed E-state index contributed by atoms with van der Waals surface area (Å²) in [7, 11) is 0. The molecule has 9 nitrogen and oxygen atoms in total. The van der Waals surface area contributed by atoms with Crippen molar-refractivity contribution >= 4 is 11.9 Å². The quantitative estimate of drug-likeness (QED) is 0.289. The number of ether oxygens (including phenoxy) is 1. The van der Waals surface area contributed by atoms with Crippen LogP contribution < -0.4 is 15.6 Å². The third kappa shape index (κ3) is 5.74. The molecule has 0 unspecified atom stereocenters. The second-order valence-electron chi connectivity index (χ2n) is 9.80. The number of rotatable bonds is 3. The third-order valence-corrected chi connectivity index (χ3v) is 6.80. The molecule has 2 aromatic heterocycles. The number of amides is 1. The van der Waals surface area contributed by atoms with Crippen LogP contribution in [0.2, 0.25) is 0 Å². The minimum atomic E-state index is -5.15. The van der Waals surface area contributed by atoms with E-state index in [1.54, 1.807) is 0 Å². The number of carboxylic acids is 1. The molecule has 0 radical (unpaired) electrons. The van der Waals surface area contributed by atoms with Crippen molar-refractivity contribution in [2.75, 3.05) is 0 Å². The summed E-state index contributed by atoms with van der Waals surface area (Å²) in [5.41, 5.74) is -5.35. The van der Waals surface area contributed by atoms with Crippen molar-refractivity contribution in [3.05, 3.63) is 105 Å². The monoisotopic (exact) mass is 624 g/mol. The summed E-state index contributed by atoms with van der Waals surface area (Å²) < 4.78 is 105. The summed E-state index contributed by atoms with van der Waals surface area (Å²) in [6.45, 7) is 1.54. The number of halogens is 7. The van der Waals surface area contributed by atoms with Crippen molar-refractivity contribution in [3.8, 4) is 17.2 Å². The fraction of sp³-hybridized carbons (Fsp3) is 0.214. The molecule has 0 saturated heterocycles. The molecule has 3 heterocycles. The second-order valence-corrected chi connectivity index (χ2v) is 9.80. The largest absolute Gasteiger partial charge is 0.481 e. The maximum atomic E-state index is 15.3. The van der Waals surface area contributed by atoms with Gasteiger partial charge >= 0.3 is 18.3 Å². The lowest BCUT2D eigenvalue weighted by atomic mass is 10.0. The van der Waals surface area contributed by atoms with Gasteiger partial charge in [-0.05, 0) is 42.8 Å². The van der Waals surface area contributed by atoms with E-state index < -0.39 is 76.5 Å². The number of para-hydroxylation sites is 1.